The fourth-order valence-corrected chi connectivity index (χ4v) is 2.67. The number of hydrogen-bond donors (Lipinski definition) is 1. The molecule has 1 fully saturated rings. The molecule has 2 unspecified atom stereocenters. The van der Waals surface area contributed by atoms with E-state index in [1.165, 1.54) is 18.2 Å². The standard InChI is InChI=1S/C13H18F2N2/c1-9-4-3-7-17(9)12(8-16)13-10(14)5-2-6-11(13)15/h2,5-6,9,12H,3-4,7-8,16H2,1H3. The van der Waals surface area contributed by atoms with Crippen LogP contribution >= 0.6 is 0 Å². The van der Waals surface area contributed by atoms with E-state index in [1.807, 2.05) is 0 Å². The smallest absolute Gasteiger partial charge is 0.130 e. The van der Waals surface area contributed by atoms with Crippen molar-refractivity contribution in [3.63, 3.8) is 0 Å². The average Bonchev–Trinajstić information content (AvgIpc) is 2.70. The predicted octanol–water partition coefficient (Wildman–Crippen LogP) is 2.45. The van der Waals surface area contributed by atoms with E-state index in [0.717, 1.165) is 19.4 Å². The monoisotopic (exact) mass is 240 g/mol. The van der Waals surface area contributed by atoms with Gasteiger partial charge in [0.05, 0.1) is 6.04 Å². The quantitative estimate of drug-likeness (QED) is 0.879. The zero-order valence-corrected chi connectivity index (χ0v) is 10.00. The minimum absolute atomic E-state index is 0.115. The van der Waals surface area contributed by atoms with Crippen molar-refractivity contribution < 1.29 is 8.78 Å². The van der Waals surface area contributed by atoms with E-state index in [-0.39, 0.29) is 18.2 Å². The van der Waals surface area contributed by atoms with Gasteiger partial charge in [-0.1, -0.05) is 6.07 Å². The van der Waals surface area contributed by atoms with Crippen molar-refractivity contribution in [2.45, 2.75) is 31.8 Å². The molecular weight excluding hydrogens is 222 g/mol. The van der Waals surface area contributed by atoms with Gasteiger partial charge in [-0.15, -0.1) is 0 Å². The van der Waals surface area contributed by atoms with Gasteiger partial charge >= 0.3 is 0 Å². The highest BCUT2D eigenvalue weighted by atomic mass is 19.1. The number of halogens is 2. The summed E-state index contributed by atoms with van der Waals surface area (Å²) in [6.45, 7) is 3.17. The average molecular weight is 240 g/mol. The molecule has 2 nitrogen and oxygen atoms in total. The molecule has 0 aromatic heterocycles. The molecule has 0 radical (unpaired) electrons. The highest BCUT2D eigenvalue weighted by Gasteiger charge is 2.31. The van der Waals surface area contributed by atoms with Gasteiger partial charge in [0.15, 0.2) is 0 Å². The minimum atomic E-state index is -0.500. The molecule has 1 aliphatic heterocycles. The summed E-state index contributed by atoms with van der Waals surface area (Å²) < 4.78 is 27.5. The van der Waals surface area contributed by atoms with Crippen molar-refractivity contribution in [2.75, 3.05) is 13.1 Å². The summed E-state index contributed by atoms with van der Waals surface area (Å²) in [4.78, 5) is 2.10. The third kappa shape index (κ3) is 2.33. The van der Waals surface area contributed by atoms with Gasteiger partial charge in [-0.05, 0) is 38.4 Å². The van der Waals surface area contributed by atoms with Crippen LogP contribution in [-0.4, -0.2) is 24.0 Å². The van der Waals surface area contributed by atoms with Crippen molar-refractivity contribution in [1.82, 2.24) is 4.90 Å². The molecule has 0 amide bonds. The van der Waals surface area contributed by atoms with Gasteiger partial charge in [0, 0.05) is 18.2 Å². The van der Waals surface area contributed by atoms with Crippen LogP contribution in [0.5, 0.6) is 0 Å². The first kappa shape index (κ1) is 12.5. The minimum Gasteiger partial charge on any atom is -0.329 e. The van der Waals surface area contributed by atoms with Gasteiger partial charge in [0.2, 0.25) is 0 Å². The molecule has 1 aromatic carbocycles. The van der Waals surface area contributed by atoms with Gasteiger partial charge in [-0.2, -0.15) is 0 Å². The van der Waals surface area contributed by atoms with Crippen LogP contribution in [0, 0.1) is 11.6 Å². The molecule has 0 bridgehead atoms. The molecule has 1 aliphatic rings. The molecular formula is C13H18F2N2. The lowest BCUT2D eigenvalue weighted by atomic mass is 10.0. The largest absolute Gasteiger partial charge is 0.329 e. The van der Waals surface area contributed by atoms with E-state index in [2.05, 4.69) is 11.8 Å². The number of benzene rings is 1. The highest BCUT2D eigenvalue weighted by Crippen LogP contribution is 2.31. The summed E-state index contributed by atoms with van der Waals surface area (Å²) in [5, 5.41) is 0. The number of nitrogens with two attached hydrogens (primary N) is 1. The Morgan fingerprint density at radius 1 is 1.41 bits per heavy atom. The molecule has 2 N–H and O–H groups in total. The molecule has 0 aliphatic carbocycles. The summed E-state index contributed by atoms with van der Waals surface area (Å²) in [7, 11) is 0. The van der Waals surface area contributed by atoms with Gasteiger partial charge in [-0.25, -0.2) is 8.78 Å². The molecule has 1 saturated heterocycles. The molecule has 1 heterocycles. The predicted molar refractivity (Wildman–Crippen MR) is 63.6 cm³/mol. The fraction of sp³-hybridized carbons (Fsp3) is 0.538. The van der Waals surface area contributed by atoms with Crippen molar-refractivity contribution in [2.24, 2.45) is 5.73 Å². The van der Waals surface area contributed by atoms with Crippen LogP contribution in [0.3, 0.4) is 0 Å². The Labute approximate surface area is 100 Å². The number of likely N-dealkylation sites (tertiary alicyclic amines) is 1. The van der Waals surface area contributed by atoms with E-state index in [4.69, 9.17) is 5.73 Å². The molecule has 2 atom stereocenters. The highest BCUT2D eigenvalue weighted by molar-refractivity contribution is 5.24. The summed E-state index contributed by atoms with van der Waals surface area (Å²) in [5.74, 6) is -1.00. The van der Waals surface area contributed by atoms with Crippen LogP contribution in [0.1, 0.15) is 31.4 Å². The Morgan fingerprint density at radius 3 is 2.53 bits per heavy atom. The maximum atomic E-state index is 13.7. The molecule has 94 valence electrons. The van der Waals surface area contributed by atoms with Crippen LogP contribution in [0.4, 0.5) is 8.78 Å². The van der Waals surface area contributed by atoms with Gasteiger partial charge in [0.25, 0.3) is 0 Å². The fourth-order valence-electron chi connectivity index (χ4n) is 2.67. The second-order valence-corrected chi connectivity index (χ2v) is 4.62. The van der Waals surface area contributed by atoms with Crippen molar-refractivity contribution >= 4 is 0 Å². The van der Waals surface area contributed by atoms with Crippen LogP contribution < -0.4 is 5.73 Å². The van der Waals surface area contributed by atoms with E-state index in [9.17, 15) is 8.78 Å². The van der Waals surface area contributed by atoms with E-state index in [1.54, 1.807) is 0 Å². The molecule has 4 heteroatoms. The molecule has 0 spiro atoms. The summed E-state index contributed by atoms with van der Waals surface area (Å²) >= 11 is 0. The third-order valence-corrected chi connectivity index (χ3v) is 3.56. The summed E-state index contributed by atoms with van der Waals surface area (Å²) in [6.07, 6.45) is 2.13. The molecule has 1 aromatic rings. The second kappa shape index (κ2) is 5.10. The number of rotatable bonds is 3. The lowest BCUT2D eigenvalue weighted by molar-refractivity contribution is 0.187. The number of nitrogens with zero attached hydrogens (tertiary/aromatic N) is 1. The van der Waals surface area contributed by atoms with Crippen molar-refractivity contribution in [1.29, 1.82) is 0 Å². The number of hydrogen-bond acceptors (Lipinski definition) is 2. The Balaban J connectivity index is 2.35. The molecule has 17 heavy (non-hydrogen) atoms. The molecule has 2 rings (SSSR count). The van der Waals surface area contributed by atoms with Gasteiger partial charge in [0.1, 0.15) is 11.6 Å². The summed E-state index contributed by atoms with van der Waals surface area (Å²) in [6, 6.07) is 3.95. The second-order valence-electron chi connectivity index (χ2n) is 4.62. The Kier molecular flexibility index (Phi) is 3.74. The van der Waals surface area contributed by atoms with Gasteiger partial charge < -0.3 is 5.73 Å². The zero-order chi connectivity index (χ0) is 12.4. The SMILES string of the molecule is CC1CCCN1C(CN)c1c(F)cccc1F. The third-order valence-electron chi connectivity index (χ3n) is 3.56. The Hall–Kier alpha value is -1.00. The molecule has 0 saturated carbocycles. The zero-order valence-electron chi connectivity index (χ0n) is 10.00. The van der Waals surface area contributed by atoms with Crippen molar-refractivity contribution in [3.05, 3.63) is 35.4 Å². The van der Waals surface area contributed by atoms with Crippen LogP contribution in [0.2, 0.25) is 0 Å². The van der Waals surface area contributed by atoms with E-state index in [0.29, 0.717) is 6.04 Å². The lowest BCUT2D eigenvalue weighted by Gasteiger charge is -2.31. The summed E-state index contributed by atoms with van der Waals surface area (Å²) in [5.41, 5.74) is 5.82. The Bertz CT molecular complexity index is 375. The van der Waals surface area contributed by atoms with E-state index < -0.39 is 11.6 Å². The first-order valence-corrected chi connectivity index (χ1v) is 6.05. The first-order valence-electron chi connectivity index (χ1n) is 6.05. The maximum absolute atomic E-state index is 13.7. The van der Waals surface area contributed by atoms with Crippen LogP contribution in [0.15, 0.2) is 18.2 Å². The first-order chi connectivity index (χ1) is 8.15. The normalized spacial score (nSPS) is 22.9. The van der Waals surface area contributed by atoms with Crippen LogP contribution in [0.25, 0.3) is 0 Å². The van der Waals surface area contributed by atoms with Crippen molar-refractivity contribution in [3.8, 4) is 0 Å². The van der Waals surface area contributed by atoms with Crippen LogP contribution in [-0.2, 0) is 0 Å². The Morgan fingerprint density at radius 2 is 2.06 bits per heavy atom. The topological polar surface area (TPSA) is 29.3 Å². The van der Waals surface area contributed by atoms with Gasteiger partial charge in [-0.3, -0.25) is 4.90 Å². The lowest BCUT2D eigenvalue weighted by Crippen LogP contribution is -2.37. The maximum Gasteiger partial charge on any atom is 0.130 e. The van der Waals surface area contributed by atoms with E-state index >= 15 is 0 Å².